The van der Waals surface area contributed by atoms with Crippen LogP contribution in [0.5, 0.6) is 5.75 Å². The van der Waals surface area contributed by atoms with Crippen molar-refractivity contribution in [2.75, 3.05) is 13.7 Å². The quantitative estimate of drug-likeness (QED) is 0.604. The van der Waals surface area contributed by atoms with E-state index in [4.69, 9.17) is 9.47 Å². The lowest BCUT2D eigenvalue weighted by molar-refractivity contribution is -0.141. The van der Waals surface area contributed by atoms with Gasteiger partial charge in [-0.25, -0.2) is 0 Å². The van der Waals surface area contributed by atoms with E-state index < -0.39 is 5.97 Å². The van der Waals surface area contributed by atoms with Crippen LogP contribution < -0.4 is 4.74 Å². The molecule has 0 aromatic heterocycles. The van der Waals surface area contributed by atoms with Crippen LogP contribution in [0.15, 0.2) is 54.6 Å². The van der Waals surface area contributed by atoms with E-state index >= 15 is 0 Å². The molecule has 2 aromatic rings. The molecule has 4 nitrogen and oxygen atoms in total. The maximum atomic E-state index is 12.0. The van der Waals surface area contributed by atoms with Crippen molar-refractivity contribution in [2.45, 2.75) is 6.42 Å². The summed E-state index contributed by atoms with van der Waals surface area (Å²) in [4.78, 5) is 23.7. The zero-order valence-electron chi connectivity index (χ0n) is 11.7. The summed E-state index contributed by atoms with van der Waals surface area (Å²) in [6.45, 7) is -0.286. The fourth-order valence-corrected chi connectivity index (χ4v) is 1.91. The second kappa shape index (κ2) is 7.24. The van der Waals surface area contributed by atoms with E-state index in [-0.39, 0.29) is 18.8 Å². The predicted molar refractivity (Wildman–Crippen MR) is 78.4 cm³/mol. The van der Waals surface area contributed by atoms with Gasteiger partial charge in [-0.3, -0.25) is 9.59 Å². The molecule has 2 rings (SSSR count). The molecule has 0 N–H and O–H groups in total. The topological polar surface area (TPSA) is 52.6 Å². The van der Waals surface area contributed by atoms with Gasteiger partial charge in [0.05, 0.1) is 19.1 Å². The summed E-state index contributed by atoms with van der Waals surface area (Å²) in [6, 6.07) is 16.1. The SMILES string of the molecule is COc1ccccc1C(=O)COC(=O)Cc1ccccc1. The standard InChI is InChI=1S/C17H16O4/c1-20-16-10-6-5-9-14(16)15(18)12-21-17(19)11-13-7-3-2-4-8-13/h2-10H,11-12H2,1H3. The monoisotopic (exact) mass is 284 g/mol. The molecule has 0 atom stereocenters. The smallest absolute Gasteiger partial charge is 0.310 e. The van der Waals surface area contributed by atoms with Gasteiger partial charge in [0.1, 0.15) is 5.75 Å². The Bertz CT molecular complexity index is 620. The largest absolute Gasteiger partial charge is 0.496 e. The first-order chi connectivity index (χ1) is 10.2. The molecule has 108 valence electrons. The van der Waals surface area contributed by atoms with E-state index in [0.717, 1.165) is 5.56 Å². The number of hydrogen-bond donors (Lipinski definition) is 0. The second-order valence-electron chi connectivity index (χ2n) is 4.45. The van der Waals surface area contributed by atoms with Crippen LogP contribution in [-0.2, 0) is 16.0 Å². The van der Waals surface area contributed by atoms with Crippen molar-refractivity contribution in [2.24, 2.45) is 0 Å². The minimum absolute atomic E-state index is 0.153. The third-order valence-electron chi connectivity index (χ3n) is 2.96. The molecule has 0 bridgehead atoms. The van der Waals surface area contributed by atoms with Crippen molar-refractivity contribution in [1.82, 2.24) is 0 Å². The summed E-state index contributed by atoms with van der Waals surface area (Å²) in [7, 11) is 1.49. The number of ketones is 1. The lowest BCUT2D eigenvalue weighted by Gasteiger charge is -2.08. The number of esters is 1. The van der Waals surface area contributed by atoms with Gasteiger partial charge in [-0.1, -0.05) is 42.5 Å². The van der Waals surface area contributed by atoms with Crippen LogP contribution in [0.1, 0.15) is 15.9 Å². The molecule has 0 saturated carbocycles. The van der Waals surface area contributed by atoms with Gasteiger partial charge in [0, 0.05) is 0 Å². The molecule has 0 aliphatic rings. The number of Topliss-reactive ketones (excluding diaryl/α,β-unsaturated/α-hetero) is 1. The fourth-order valence-electron chi connectivity index (χ4n) is 1.91. The Hall–Kier alpha value is -2.62. The van der Waals surface area contributed by atoms with Crippen LogP contribution in [-0.4, -0.2) is 25.5 Å². The van der Waals surface area contributed by atoms with Crippen LogP contribution in [0, 0.1) is 0 Å². The van der Waals surface area contributed by atoms with Crippen LogP contribution in [0.4, 0.5) is 0 Å². The third kappa shape index (κ3) is 4.18. The minimum atomic E-state index is -0.426. The van der Waals surface area contributed by atoms with Gasteiger partial charge in [0.25, 0.3) is 0 Å². The van der Waals surface area contributed by atoms with Crippen molar-refractivity contribution in [1.29, 1.82) is 0 Å². The third-order valence-corrected chi connectivity index (χ3v) is 2.96. The first kappa shape index (κ1) is 14.8. The molecule has 21 heavy (non-hydrogen) atoms. The molecule has 0 radical (unpaired) electrons. The summed E-state index contributed by atoms with van der Waals surface area (Å²) < 4.78 is 10.1. The number of carbonyl (C=O) groups excluding carboxylic acids is 2. The van der Waals surface area contributed by atoms with E-state index in [9.17, 15) is 9.59 Å². The normalized spacial score (nSPS) is 9.95. The molecule has 0 amide bonds. The van der Waals surface area contributed by atoms with Crippen molar-refractivity contribution in [3.8, 4) is 5.75 Å². The predicted octanol–water partition coefficient (Wildman–Crippen LogP) is 2.66. The van der Waals surface area contributed by atoms with Crippen LogP contribution in [0.2, 0.25) is 0 Å². The van der Waals surface area contributed by atoms with Crippen LogP contribution in [0.3, 0.4) is 0 Å². The van der Waals surface area contributed by atoms with Gasteiger partial charge >= 0.3 is 5.97 Å². The summed E-state index contributed by atoms with van der Waals surface area (Å²) in [6.07, 6.45) is 0.153. The molecule has 0 unspecified atom stereocenters. The van der Waals surface area contributed by atoms with E-state index in [1.807, 2.05) is 30.3 Å². The molecular formula is C17H16O4. The lowest BCUT2D eigenvalue weighted by Crippen LogP contribution is -2.16. The number of ether oxygens (including phenoxy) is 2. The van der Waals surface area contributed by atoms with Crippen molar-refractivity contribution in [3.63, 3.8) is 0 Å². The summed E-state index contributed by atoms with van der Waals surface area (Å²) in [5, 5.41) is 0. The summed E-state index contributed by atoms with van der Waals surface area (Å²) in [5.74, 6) is -0.236. The van der Waals surface area contributed by atoms with E-state index in [0.29, 0.717) is 11.3 Å². The van der Waals surface area contributed by atoms with E-state index in [1.54, 1.807) is 24.3 Å². The Morgan fingerprint density at radius 2 is 1.62 bits per heavy atom. The van der Waals surface area contributed by atoms with Gasteiger partial charge in [-0.05, 0) is 17.7 Å². The second-order valence-corrected chi connectivity index (χ2v) is 4.45. The first-order valence-corrected chi connectivity index (χ1v) is 6.56. The molecule has 0 aliphatic heterocycles. The molecule has 0 aliphatic carbocycles. The highest BCUT2D eigenvalue weighted by atomic mass is 16.5. The Balaban J connectivity index is 1.90. The zero-order chi connectivity index (χ0) is 15.1. The molecule has 0 spiro atoms. The zero-order valence-corrected chi connectivity index (χ0v) is 11.7. The van der Waals surface area contributed by atoms with Crippen molar-refractivity contribution < 1.29 is 19.1 Å². The fraction of sp³-hybridized carbons (Fsp3) is 0.176. The van der Waals surface area contributed by atoms with Crippen molar-refractivity contribution >= 4 is 11.8 Å². The molecule has 0 saturated heterocycles. The Labute approximate surface area is 123 Å². The summed E-state index contributed by atoms with van der Waals surface area (Å²) in [5.41, 5.74) is 1.26. The average Bonchev–Trinajstić information content (AvgIpc) is 2.53. The number of rotatable bonds is 6. The van der Waals surface area contributed by atoms with Crippen LogP contribution >= 0.6 is 0 Å². The minimum Gasteiger partial charge on any atom is -0.496 e. The first-order valence-electron chi connectivity index (χ1n) is 6.56. The van der Waals surface area contributed by atoms with E-state index in [1.165, 1.54) is 7.11 Å². The average molecular weight is 284 g/mol. The Morgan fingerprint density at radius 1 is 0.952 bits per heavy atom. The van der Waals surface area contributed by atoms with Crippen molar-refractivity contribution in [3.05, 3.63) is 65.7 Å². The van der Waals surface area contributed by atoms with E-state index in [2.05, 4.69) is 0 Å². The van der Waals surface area contributed by atoms with Gasteiger partial charge in [-0.15, -0.1) is 0 Å². The molecule has 2 aromatic carbocycles. The number of para-hydroxylation sites is 1. The van der Waals surface area contributed by atoms with Gasteiger partial charge in [-0.2, -0.15) is 0 Å². The highest BCUT2D eigenvalue weighted by Crippen LogP contribution is 2.17. The number of hydrogen-bond acceptors (Lipinski definition) is 4. The van der Waals surface area contributed by atoms with Gasteiger partial charge in [0.2, 0.25) is 5.78 Å². The Kier molecular flexibility index (Phi) is 5.10. The highest BCUT2D eigenvalue weighted by molar-refractivity contribution is 6.00. The molecule has 0 fully saturated rings. The van der Waals surface area contributed by atoms with Gasteiger partial charge in [0.15, 0.2) is 6.61 Å². The number of methoxy groups -OCH3 is 1. The molecule has 4 heteroatoms. The highest BCUT2D eigenvalue weighted by Gasteiger charge is 2.14. The van der Waals surface area contributed by atoms with Gasteiger partial charge < -0.3 is 9.47 Å². The maximum Gasteiger partial charge on any atom is 0.310 e. The number of benzene rings is 2. The number of carbonyl (C=O) groups is 2. The Morgan fingerprint density at radius 3 is 2.33 bits per heavy atom. The van der Waals surface area contributed by atoms with Crippen LogP contribution in [0.25, 0.3) is 0 Å². The summed E-state index contributed by atoms with van der Waals surface area (Å²) >= 11 is 0. The lowest BCUT2D eigenvalue weighted by atomic mass is 10.1. The molecule has 0 heterocycles. The molecular weight excluding hydrogens is 268 g/mol. The maximum absolute atomic E-state index is 12.0.